The highest BCUT2D eigenvalue weighted by Gasteiger charge is 2.14. The van der Waals surface area contributed by atoms with Gasteiger partial charge in [-0.2, -0.15) is 0 Å². The normalized spacial score (nSPS) is 13.7. The van der Waals surface area contributed by atoms with Crippen molar-refractivity contribution in [2.45, 2.75) is 27.3 Å². The summed E-state index contributed by atoms with van der Waals surface area (Å²) in [6.45, 7) is 11.2. The number of pyridine rings is 1. The van der Waals surface area contributed by atoms with Crippen LogP contribution in [0.15, 0.2) is 79.3 Å². The van der Waals surface area contributed by atoms with E-state index in [0.717, 1.165) is 55.2 Å². The number of hydrogen-bond donors (Lipinski definition) is 2. The van der Waals surface area contributed by atoms with E-state index in [0.29, 0.717) is 17.2 Å². The van der Waals surface area contributed by atoms with E-state index in [1.165, 1.54) is 5.56 Å². The van der Waals surface area contributed by atoms with Gasteiger partial charge in [-0.15, -0.1) is 0 Å². The van der Waals surface area contributed by atoms with Crippen molar-refractivity contribution in [1.29, 1.82) is 0 Å². The molecule has 2 N–H and O–H groups in total. The van der Waals surface area contributed by atoms with Crippen LogP contribution in [0.2, 0.25) is 0 Å². The first kappa shape index (κ1) is 27.9. The first-order chi connectivity index (χ1) is 19.0. The van der Waals surface area contributed by atoms with Crippen molar-refractivity contribution >= 4 is 23.2 Å². The molecule has 202 valence electrons. The summed E-state index contributed by atoms with van der Waals surface area (Å²) < 4.78 is 0. The topological polar surface area (TPSA) is 86.3 Å². The van der Waals surface area contributed by atoms with Gasteiger partial charge >= 0.3 is 0 Å². The minimum Gasteiger partial charge on any atom is -0.324 e. The smallest absolute Gasteiger partial charge is 0.255 e. The zero-order chi connectivity index (χ0) is 27.6. The maximum Gasteiger partial charge on any atom is 0.255 e. The number of aromatic nitrogens is 3. The van der Waals surface area contributed by atoms with Crippen LogP contribution in [0.5, 0.6) is 0 Å². The second-order valence-electron chi connectivity index (χ2n) is 9.39. The molecule has 0 aliphatic carbocycles. The number of piperazine rings is 1. The van der Waals surface area contributed by atoms with Gasteiger partial charge in [0.25, 0.3) is 5.91 Å². The third-order valence-electron chi connectivity index (χ3n) is 6.59. The monoisotopic (exact) mass is 523 g/mol. The number of amides is 1. The molecule has 0 spiro atoms. The van der Waals surface area contributed by atoms with Crippen LogP contribution >= 0.6 is 0 Å². The summed E-state index contributed by atoms with van der Waals surface area (Å²) in [5, 5.41) is 6.30. The predicted molar refractivity (Wildman–Crippen MR) is 158 cm³/mol. The Morgan fingerprint density at radius 3 is 2.33 bits per heavy atom. The van der Waals surface area contributed by atoms with Crippen molar-refractivity contribution in [3.8, 4) is 11.3 Å². The Morgan fingerprint density at radius 2 is 1.62 bits per heavy atom. The molecule has 2 aromatic heterocycles. The third kappa shape index (κ3) is 7.69. The number of rotatable bonds is 7. The molecule has 1 aliphatic heterocycles. The molecule has 5 rings (SSSR count). The molecule has 8 heteroatoms. The van der Waals surface area contributed by atoms with Gasteiger partial charge < -0.3 is 15.5 Å². The molecule has 8 nitrogen and oxygen atoms in total. The van der Waals surface area contributed by atoms with Gasteiger partial charge in [-0.3, -0.25) is 14.7 Å². The van der Waals surface area contributed by atoms with Gasteiger partial charge in [0.15, 0.2) is 0 Å². The fraction of sp³-hybridized carbons (Fsp3) is 0.290. The maximum atomic E-state index is 12.9. The van der Waals surface area contributed by atoms with E-state index in [9.17, 15) is 4.79 Å². The Labute approximate surface area is 231 Å². The molecule has 1 amide bonds. The lowest BCUT2D eigenvalue weighted by Gasteiger charge is -2.32. The first-order valence-electron chi connectivity index (χ1n) is 13.5. The summed E-state index contributed by atoms with van der Waals surface area (Å²) in [5.41, 5.74) is 6.16. The second-order valence-corrected chi connectivity index (χ2v) is 9.39. The van der Waals surface area contributed by atoms with Crippen LogP contribution in [0.3, 0.4) is 0 Å². The van der Waals surface area contributed by atoms with E-state index < -0.39 is 0 Å². The number of benzene rings is 2. The summed E-state index contributed by atoms with van der Waals surface area (Å²) in [7, 11) is 2.16. The number of hydrogen-bond acceptors (Lipinski definition) is 7. The predicted octanol–water partition coefficient (Wildman–Crippen LogP) is 5.62. The van der Waals surface area contributed by atoms with Crippen LogP contribution < -0.4 is 10.6 Å². The van der Waals surface area contributed by atoms with Crippen molar-refractivity contribution in [2.75, 3.05) is 43.9 Å². The van der Waals surface area contributed by atoms with Crippen molar-refractivity contribution < 1.29 is 4.79 Å². The lowest BCUT2D eigenvalue weighted by Crippen LogP contribution is -2.43. The average Bonchev–Trinajstić information content (AvgIpc) is 2.98. The number of likely N-dealkylation sites (N-methyl/N-ethyl adjacent to an activating group) is 1. The molecule has 1 aliphatic rings. The van der Waals surface area contributed by atoms with Crippen molar-refractivity contribution in [3.05, 3.63) is 95.9 Å². The van der Waals surface area contributed by atoms with Crippen molar-refractivity contribution in [3.63, 3.8) is 0 Å². The Morgan fingerprint density at radius 1 is 0.897 bits per heavy atom. The lowest BCUT2D eigenvalue weighted by atomic mass is 10.1. The van der Waals surface area contributed by atoms with E-state index in [4.69, 9.17) is 0 Å². The number of nitrogens with one attached hydrogen (secondary N) is 2. The lowest BCUT2D eigenvalue weighted by molar-refractivity contribution is 0.102. The highest BCUT2D eigenvalue weighted by atomic mass is 16.1. The standard InChI is InChI=1S/C29H31N7O.C2H6/c1-21-3-8-25(19-27(21)34-29-31-14-11-26(33-29)23-9-12-30-13-10-23)32-28(37)24-6-4-22(5-7-24)20-36-17-15-35(2)16-18-36;1-2/h3-14,19H,15-18,20H2,1-2H3,(H,32,37)(H,31,33,34);1-2H3. The Bertz CT molecular complexity index is 1350. The molecule has 0 unspecified atom stereocenters. The molecule has 39 heavy (non-hydrogen) atoms. The molecule has 0 bridgehead atoms. The van der Waals surface area contributed by atoms with Gasteiger partial charge in [-0.1, -0.05) is 32.0 Å². The number of carbonyl (C=O) groups excluding carboxylic acids is 1. The quantitative estimate of drug-likeness (QED) is 0.325. The first-order valence-corrected chi connectivity index (χ1v) is 13.5. The van der Waals surface area contributed by atoms with Gasteiger partial charge in [0.2, 0.25) is 5.95 Å². The molecule has 3 heterocycles. The number of nitrogens with zero attached hydrogens (tertiary/aromatic N) is 5. The van der Waals surface area contributed by atoms with Crippen LogP contribution in [0, 0.1) is 6.92 Å². The van der Waals surface area contributed by atoms with Crippen LogP contribution in [0.25, 0.3) is 11.3 Å². The summed E-state index contributed by atoms with van der Waals surface area (Å²) >= 11 is 0. The minimum absolute atomic E-state index is 0.142. The van der Waals surface area contributed by atoms with Crippen LogP contribution in [0.1, 0.15) is 35.3 Å². The summed E-state index contributed by atoms with van der Waals surface area (Å²) in [4.78, 5) is 30.8. The van der Waals surface area contributed by atoms with E-state index in [2.05, 4.69) is 42.4 Å². The average molecular weight is 524 g/mol. The summed E-state index contributed by atoms with van der Waals surface area (Å²) in [6, 6.07) is 19.3. The SMILES string of the molecule is CC.Cc1ccc(NC(=O)c2ccc(CN3CCN(C)CC3)cc2)cc1Nc1nccc(-c2ccncc2)n1. The number of carbonyl (C=O) groups is 1. The van der Waals surface area contributed by atoms with Gasteiger partial charge in [0, 0.05) is 73.8 Å². The molecule has 4 aromatic rings. The van der Waals surface area contributed by atoms with Gasteiger partial charge in [-0.05, 0) is 67.6 Å². The minimum atomic E-state index is -0.142. The van der Waals surface area contributed by atoms with Crippen molar-refractivity contribution in [1.82, 2.24) is 24.8 Å². The van der Waals surface area contributed by atoms with E-state index >= 15 is 0 Å². The maximum absolute atomic E-state index is 12.9. The highest BCUT2D eigenvalue weighted by molar-refractivity contribution is 6.04. The third-order valence-corrected chi connectivity index (χ3v) is 6.59. The summed E-state index contributed by atoms with van der Waals surface area (Å²) in [6.07, 6.45) is 5.20. The number of aryl methyl sites for hydroxylation is 1. The van der Waals surface area contributed by atoms with E-state index in [1.807, 2.05) is 81.4 Å². The molecular formula is C31H37N7O. The molecule has 1 saturated heterocycles. The van der Waals surface area contributed by atoms with Crippen LogP contribution in [-0.4, -0.2) is 63.9 Å². The molecule has 2 aromatic carbocycles. The second kappa shape index (κ2) is 13.6. The van der Waals surface area contributed by atoms with Gasteiger partial charge in [-0.25, -0.2) is 9.97 Å². The molecule has 0 saturated carbocycles. The highest BCUT2D eigenvalue weighted by Crippen LogP contribution is 2.25. The Hall–Kier alpha value is -4.14. The van der Waals surface area contributed by atoms with Gasteiger partial charge in [0.05, 0.1) is 5.69 Å². The van der Waals surface area contributed by atoms with Crippen LogP contribution in [0.4, 0.5) is 17.3 Å². The molecule has 1 fully saturated rings. The van der Waals surface area contributed by atoms with Gasteiger partial charge in [0.1, 0.15) is 0 Å². The van der Waals surface area contributed by atoms with E-state index in [-0.39, 0.29) is 5.91 Å². The fourth-order valence-corrected chi connectivity index (χ4v) is 4.29. The summed E-state index contributed by atoms with van der Waals surface area (Å²) in [5.74, 6) is 0.341. The zero-order valence-electron chi connectivity index (χ0n) is 23.2. The van der Waals surface area contributed by atoms with Crippen molar-refractivity contribution in [2.24, 2.45) is 0 Å². The van der Waals surface area contributed by atoms with E-state index in [1.54, 1.807) is 18.6 Å². The largest absolute Gasteiger partial charge is 0.324 e. The van der Waals surface area contributed by atoms with Crippen LogP contribution in [-0.2, 0) is 6.54 Å². The number of anilines is 3. The fourth-order valence-electron chi connectivity index (χ4n) is 4.29. The molecule has 0 atom stereocenters. The molecular weight excluding hydrogens is 486 g/mol. The Balaban J connectivity index is 0.00000172. The Kier molecular flexibility index (Phi) is 9.72. The molecule has 0 radical (unpaired) electrons. The zero-order valence-corrected chi connectivity index (χ0v) is 23.2.